The summed E-state index contributed by atoms with van der Waals surface area (Å²) >= 11 is 0. The Kier molecular flexibility index (Phi) is 2.10. The molecule has 0 aliphatic heterocycles. The summed E-state index contributed by atoms with van der Waals surface area (Å²) in [6.45, 7) is 1.96. The maximum absolute atomic E-state index is 10.8. The standard InChI is InChI=1S/C8H12O2/c1-3-4-6-5-7(6)8(9)10-2/h3-4,6-7H,5H2,1-2H3. The Balaban J connectivity index is 2.31. The maximum atomic E-state index is 10.8. The van der Waals surface area contributed by atoms with Gasteiger partial charge >= 0.3 is 5.97 Å². The largest absolute Gasteiger partial charge is 0.469 e. The Morgan fingerprint density at radius 3 is 2.90 bits per heavy atom. The number of carbonyl (C=O) groups excluding carboxylic acids is 1. The highest BCUT2D eigenvalue weighted by molar-refractivity contribution is 5.76. The van der Waals surface area contributed by atoms with Gasteiger partial charge < -0.3 is 4.74 Å². The Labute approximate surface area is 60.9 Å². The van der Waals surface area contributed by atoms with Crippen molar-refractivity contribution in [3.05, 3.63) is 12.2 Å². The molecule has 0 saturated heterocycles. The minimum Gasteiger partial charge on any atom is -0.469 e. The van der Waals surface area contributed by atoms with Crippen LogP contribution in [-0.4, -0.2) is 13.1 Å². The molecule has 0 heterocycles. The molecule has 2 heteroatoms. The molecular formula is C8H12O2. The van der Waals surface area contributed by atoms with Gasteiger partial charge in [0.05, 0.1) is 13.0 Å². The number of hydrogen-bond acceptors (Lipinski definition) is 2. The molecule has 2 nitrogen and oxygen atoms in total. The van der Waals surface area contributed by atoms with Crippen LogP contribution >= 0.6 is 0 Å². The topological polar surface area (TPSA) is 26.3 Å². The van der Waals surface area contributed by atoms with Crippen LogP contribution in [0.15, 0.2) is 12.2 Å². The van der Waals surface area contributed by atoms with Crippen LogP contribution in [0.2, 0.25) is 0 Å². The van der Waals surface area contributed by atoms with Gasteiger partial charge in [0.2, 0.25) is 0 Å². The number of rotatable bonds is 2. The van der Waals surface area contributed by atoms with E-state index in [9.17, 15) is 4.79 Å². The van der Waals surface area contributed by atoms with Gasteiger partial charge in [0.25, 0.3) is 0 Å². The predicted molar refractivity (Wildman–Crippen MR) is 38.4 cm³/mol. The molecule has 0 bridgehead atoms. The lowest BCUT2D eigenvalue weighted by Gasteiger charge is -1.92. The van der Waals surface area contributed by atoms with Gasteiger partial charge in [-0.15, -0.1) is 0 Å². The highest BCUT2D eigenvalue weighted by Crippen LogP contribution is 2.40. The summed E-state index contributed by atoms with van der Waals surface area (Å²) in [6, 6.07) is 0. The van der Waals surface area contributed by atoms with E-state index < -0.39 is 0 Å². The summed E-state index contributed by atoms with van der Waals surface area (Å²) in [5.74, 6) is 0.543. The van der Waals surface area contributed by atoms with Gasteiger partial charge in [0, 0.05) is 0 Å². The van der Waals surface area contributed by atoms with Crippen molar-refractivity contribution in [1.82, 2.24) is 0 Å². The molecular weight excluding hydrogens is 128 g/mol. The number of allylic oxidation sites excluding steroid dienone is 2. The van der Waals surface area contributed by atoms with Crippen LogP contribution in [-0.2, 0) is 9.53 Å². The van der Waals surface area contributed by atoms with E-state index in [1.807, 2.05) is 13.0 Å². The van der Waals surface area contributed by atoms with Crippen LogP contribution in [0.1, 0.15) is 13.3 Å². The Morgan fingerprint density at radius 1 is 1.70 bits per heavy atom. The average molecular weight is 140 g/mol. The lowest BCUT2D eigenvalue weighted by Crippen LogP contribution is -2.03. The van der Waals surface area contributed by atoms with E-state index in [-0.39, 0.29) is 11.9 Å². The molecule has 1 aliphatic carbocycles. The predicted octanol–water partition coefficient (Wildman–Crippen LogP) is 1.37. The fourth-order valence-corrected chi connectivity index (χ4v) is 1.10. The fourth-order valence-electron chi connectivity index (χ4n) is 1.10. The van der Waals surface area contributed by atoms with Gasteiger partial charge in [-0.25, -0.2) is 0 Å². The highest BCUT2D eigenvalue weighted by atomic mass is 16.5. The lowest BCUT2D eigenvalue weighted by molar-refractivity contribution is -0.142. The number of hydrogen-bond donors (Lipinski definition) is 0. The third-order valence-electron chi connectivity index (χ3n) is 1.78. The van der Waals surface area contributed by atoms with E-state index in [0.717, 1.165) is 6.42 Å². The molecule has 1 rings (SSSR count). The molecule has 0 aromatic rings. The smallest absolute Gasteiger partial charge is 0.309 e. The summed E-state index contributed by atoms with van der Waals surface area (Å²) in [6.07, 6.45) is 5.01. The molecule has 10 heavy (non-hydrogen) atoms. The van der Waals surface area contributed by atoms with Crippen molar-refractivity contribution in [3.63, 3.8) is 0 Å². The Morgan fingerprint density at radius 2 is 2.40 bits per heavy atom. The van der Waals surface area contributed by atoms with Gasteiger partial charge in [0.15, 0.2) is 0 Å². The molecule has 1 aliphatic rings. The molecule has 0 aromatic carbocycles. The first-order valence-corrected chi connectivity index (χ1v) is 3.50. The van der Waals surface area contributed by atoms with Gasteiger partial charge in [-0.2, -0.15) is 0 Å². The summed E-state index contributed by atoms with van der Waals surface area (Å²) < 4.78 is 4.58. The molecule has 0 radical (unpaired) electrons. The van der Waals surface area contributed by atoms with Gasteiger partial charge in [-0.1, -0.05) is 12.2 Å². The average Bonchev–Trinajstić information content (AvgIpc) is 2.67. The zero-order valence-electron chi connectivity index (χ0n) is 6.33. The molecule has 0 amide bonds. The van der Waals surface area contributed by atoms with Crippen LogP contribution in [0, 0.1) is 11.8 Å². The lowest BCUT2D eigenvalue weighted by atomic mass is 10.3. The number of esters is 1. The van der Waals surface area contributed by atoms with E-state index in [4.69, 9.17) is 0 Å². The highest BCUT2D eigenvalue weighted by Gasteiger charge is 2.41. The minimum absolute atomic E-state index is 0.0666. The second kappa shape index (κ2) is 2.86. The Hall–Kier alpha value is -0.790. The molecule has 1 saturated carbocycles. The minimum atomic E-state index is -0.0666. The first-order valence-electron chi connectivity index (χ1n) is 3.50. The van der Waals surface area contributed by atoms with Crippen molar-refractivity contribution in [2.45, 2.75) is 13.3 Å². The Bertz CT molecular complexity index is 161. The van der Waals surface area contributed by atoms with Crippen molar-refractivity contribution in [2.75, 3.05) is 7.11 Å². The van der Waals surface area contributed by atoms with E-state index in [2.05, 4.69) is 10.8 Å². The zero-order chi connectivity index (χ0) is 7.56. The fraction of sp³-hybridized carbons (Fsp3) is 0.625. The zero-order valence-corrected chi connectivity index (χ0v) is 6.33. The van der Waals surface area contributed by atoms with Gasteiger partial charge in [-0.05, 0) is 19.3 Å². The van der Waals surface area contributed by atoms with Crippen molar-refractivity contribution < 1.29 is 9.53 Å². The van der Waals surface area contributed by atoms with E-state index in [1.54, 1.807) is 0 Å². The second-order valence-electron chi connectivity index (χ2n) is 2.55. The summed E-state index contributed by atoms with van der Waals surface area (Å²) in [7, 11) is 1.44. The van der Waals surface area contributed by atoms with E-state index in [0.29, 0.717) is 5.92 Å². The first-order chi connectivity index (χ1) is 4.79. The van der Waals surface area contributed by atoms with Crippen molar-refractivity contribution in [2.24, 2.45) is 11.8 Å². The van der Waals surface area contributed by atoms with Crippen molar-refractivity contribution in [3.8, 4) is 0 Å². The van der Waals surface area contributed by atoms with E-state index in [1.165, 1.54) is 7.11 Å². The monoisotopic (exact) mass is 140 g/mol. The summed E-state index contributed by atoms with van der Waals surface area (Å²) in [4.78, 5) is 10.8. The number of carbonyl (C=O) groups is 1. The third-order valence-corrected chi connectivity index (χ3v) is 1.78. The third kappa shape index (κ3) is 1.38. The van der Waals surface area contributed by atoms with Crippen LogP contribution in [0.5, 0.6) is 0 Å². The number of methoxy groups -OCH3 is 1. The van der Waals surface area contributed by atoms with E-state index >= 15 is 0 Å². The molecule has 56 valence electrons. The number of ether oxygens (including phenoxy) is 1. The molecule has 0 N–H and O–H groups in total. The molecule has 2 atom stereocenters. The van der Waals surface area contributed by atoms with Gasteiger partial charge in [0.1, 0.15) is 0 Å². The van der Waals surface area contributed by atoms with Crippen molar-refractivity contribution >= 4 is 5.97 Å². The second-order valence-corrected chi connectivity index (χ2v) is 2.55. The quantitative estimate of drug-likeness (QED) is 0.427. The van der Waals surface area contributed by atoms with Crippen LogP contribution < -0.4 is 0 Å². The maximum Gasteiger partial charge on any atom is 0.309 e. The molecule has 1 fully saturated rings. The van der Waals surface area contributed by atoms with Crippen molar-refractivity contribution in [1.29, 1.82) is 0 Å². The normalized spacial score (nSPS) is 30.6. The summed E-state index contributed by atoms with van der Waals surface area (Å²) in [5, 5.41) is 0. The SMILES string of the molecule is CC=CC1CC1C(=O)OC. The summed E-state index contributed by atoms with van der Waals surface area (Å²) in [5.41, 5.74) is 0. The molecule has 0 spiro atoms. The van der Waals surface area contributed by atoms with Crippen LogP contribution in [0.3, 0.4) is 0 Å². The molecule has 0 aromatic heterocycles. The first kappa shape index (κ1) is 7.32. The molecule has 2 unspecified atom stereocenters. The van der Waals surface area contributed by atoms with Gasteiger partial charge in [-0.3, -0.25) is 4.79 Å². The van der Waals surface area contributed by atoms with Crippen LogP contribution in [0.4, 0.5) is 0 Å². The van der Waals surface area contributed by atoms with Crippen LogP contribution in [0.25, 0.3) is 0 Å².